The van der Waals surface area contributed by atoms with Gasteiger partial charge < -0.3 is 10.2 Å². The van der Waals surface area contributed by atoms with E-state index in [1.165, 1.54) is 12.1 Å². The lowest BCUT2D eigenvalue weighted by molar-refractivity contribution is 0.454. The molecular weight excluding hydrogens is 283 g/mol. The number of ether oxygens (including phenoxy) is 1. The van der Waals surface area contributed by atoms with E-state index in [2.05, 4.69) is 15.4 Å². The molecule has 0 atom stereocenters. The molecule has 20 heavy (non-hydrogen) atoms. The summed E-state index contributed by atoms with van der Waals surface area (Å²) in [6, 6.07) is 5.76. The maximum atomic E-state index is 13.4. The van der Waals surface area contributed by atoms with Crippen LogP contribution in [0.2, 0.25) is 5.02 Å². The predicted octanol–water partition coefficient (Wildman–Crippen LogP) is 3.22. The summed E-state index contributed by atoms with van der Waals surface area (Å²) in [4.78, 5) is 8.57. The maximum absolute atomic E-state index is 13.4. The van der Waals surface area contributed by atoms with Crippen LogP contribution in [-0.4, -0.2) is 9.97 Å². The van der Waals surface area contributed by atoms with Crippen molar-refractivity contribution in [3.05, 3.63) is 40.9 Å². The second-order valence-corrected chi connectivity index (χ2v) is 4.95. The summed E-state index contributed by atoms with van der Waals surface area (Å²) in [7, 11) is 0. The first-order valence-corrected chi connectivity index (χ1v) is 6.52. The number of nitrogens with two attached hydrogens (primary N) is 1. The number of benzene rings is 1. The second-order valence-electron chi connectivity index (χ2n) is 4.55. The fourth-order valence-electron chi connectivity index (χ4n) is 1.75. The number of halogens is 2. The molecule has 1 aromatic carbocycles. The number of rotatable bonds is 4. The number of aromatic nitrogens is 2. The van der Waals surface area contributed by atoms with Gasteiger partial charge in [-0.05, 0) is 25.0 Å². The minimum atomic E-state index is -0.544. The highest BCUT2D eigenvalue weighted by Gasteiger charge is 2.27. The highest BCUT2D eigenvalue weighted by Crippen LogP contribution is 2.39. The number of hydrazine groups is 1. The van der Waals surface area contributed by atoms with E-state index in [0.29, 0.717) is 29.2 Å². The molecule has 1 saturated carbocycles. The zero-order valence-electron chi connectivity index (χ0n) is 10.4. The molecule has 5 nitrogen and oxygen atoms in total. The second kappa shape index (κ2) is 5.22. The number of hydrogen-bond donors (Lipinski definition) is 2. The molecule has 0 spiro atoms. The minimum Gasteiger partial charge on any atom is -0.439 e. The normalized spacial score (nSPS) is 14.2. The third-order valence-corrected chi connectivity index (χ3v) is 3.23. The van der Waals surface area contributed by atoms with Crippen LogP contribution in [0.3, 0.4) is 0 Å². The summed E-state index contributed by atoms with van der Waals surface area (Å²) in [6.07, 6.45) is 2.12. The van der Waals surface area contributed by atoms with Crippen molar-refractivity contribution in [1.82, 2.24) is 9.97 Å². The average molecular weight is 295 g/mol. The summed E-state index contributed by atoms with van der Waals surface area (Å²) < 4.78 is 18.9. The van der Waals surface area contributed by atoms with Gasteiger partial charge in [-0.1, -0.05) is 11.6 Å². The summed E-state index contributed by atoms with van der Waals surface area (Å²) in [5.41, 5.74) is 2.47. The van der Waals surface area contributed by atoms with Gasteiger partial charge in [0.1, 0.15) is 23.2 Å². The molecule has 1 fully saturated rings. The van der Waals surface area contributed by atoms with Gasteiger partial charge in [0.2, 0.25) is 5.88 Å². The number of nitrogens with one attached hydrogen (secondary N) is 1. The van der Waals surface area contributed by atoms with Crippen molar-refractivity contribution < 1.29 is 9.13 Å². The lowest BCUT2D eigenvalue weighted by Crippen LogP contribution is -2.10. The SMILES string of the molecule is NNc1cc(Oc2ccc(Cl)c(F)c2)nc(C2CC2)n1. The Hall–Kier alpha value is -1.92. The quantitative estimate of drug-likeness (QED) is 0.669. The van der Waals surface area contributed by atoms with E-state index < -0.39 is 5.82 Å². The van der Waals surface area contributed by atoms with Gasteiger partial charge in [0.15, 0.2) is 0 Å². The minimum absolute atomic E-state index is 0.0445. The van der Waals surface area contributed by atoms with Crippen molar-refractivity contribution in [3.8, 4) is 11.6 Å². The molecule has 1 aromatic heterocycles. The van der Waals surface area contributed by atoms with Crippen molar-refractivity contribution >= 4 is 17.4 Å². The van der Waals surface area contributed by atoms with E-state index >= 15 is 0 Å². The number of nitrogens with zero attached hydrogens (tertiary/aromatic N) is 2. The molecule has 0 saturated heterocycles. The summed E-state index contributed by atoms with van der Waals surface area (Å²) >= 11 is 5.62. The van der Waals surface area contributed by atoms with Crippen LogP contribution in [0.1, 0.15) is 24.6 Å². The Morgan fingerprint density at radius 3 is 2.75 bits per heavy atom. The number of anilines is 1. The first kappa shape index (κ1) is 13.1. The molecule has 0 radical (unpaired) electrons. The van der Waals surface area contributed by atoms with Crippen LogP contribution in [0.4, 0.5) is 10.2 Å². The monoisotopic (exact) mass is 294 g/mol. The Balaban J connectivity index is 1.88. The first-order valence-electron chi connectivity index (χ1n) is 6.14. The fraction of sp³-hybridized carbons (Fsp3) is 0.231. The predicted molar refractivity (Wildman–Crippen MR) is 73.3 cm³/mol. The average Bonchev–Trinajstić information content (AvgIpc) is 3.27. The summed E-state index contributed by atoms with van der Waals surface area (Å²) in [5, 5.41) is 0.0445. The highest BCUT2D eigenvalue weighted by atomic mass is 35.5. The van der Waals surface area contributed by atoms with E-state index in [-0.39, 0.29) is 5.02 Å². The van der Waals surface area contributed by atoms with Gasteiger partial charge >= 0.3 is 0 Å². The van der Waals surface area contributed by atoms with Crippen LogP contribution in [0.25, 0.3) is 0 Å². The Bertz CT molecular complexity index is 648. The van der Waals surface area contributed by atoms with E-state index in [4.69, 9.17) is 22.2 Å². The van der Waals surface area contributed by atoms with Gasteiger partial charge in [-0.2, -0.15) is 4.98 Å². The van der Waals surface area contributed by atoms with Crippen LogP contribution in [0, 0.1) is 5.82 Å². The molecular formula is C13H12ClFN4O. The largest absolute Gasteiger partial charge is 0.439 e. The lowest BCUT2D eigenvalue weighted by Gasteiger charge is -2.09. The zero-order valence-corrected chi connectivity index (χ0v) is 11.2. The van der Waals surface area contributed by atoms with Crippen LogP contribution in [0.5, 0.6) is 11.6 Å². The summed E-state index contributed by atoms with van der Waals surface area (Å²) in [5.74, 6) is 6.96. The van der Waals surface area contributed by atoms with E-state index in [0.717, 1.165) is 12.8 Å². The molecule has 1 heterocycles. The zero-order chi connectivity index (χ0) is 14.1. The van der Waals surface area contributed by atoms with Gasteiger partial charge in [0.05, 0.1) is 5.02 Å². The van der Waals surface area contributed by atoms with Crippen LogP contribution in [-0.2, 0) is 0 Å². The third-order valence-electron chi connectivity index (χ3n) is 2.92. The third kappa shape index (κ3) is 2.81. The fourth-order valence-corrected chi connectivity index (χ4v) is 1.87. The molecule has 7 heteroatoms. The van der Waals surface area contributed by atoms with E-state index in [1.54, 1.807) is 12.1 Å². The molecule has 0 unspecified atom stereocenters. The Morgan fingerprint density at radius 2 is 2.10 bits per heavy atom. The Morgan fingerprint density at radius 1 is 1.30 bits per heavy atom. The smallest absolute Gasteiger partial charge is 0.224 e. The molecule has 0 bridgehead atoms. The molecule has 2 aromatic rings. The molecule has 1 aliphatic carbocycles. The van der Waals surface area contributed by atoms with Gasteiger partial charge in [-0.25, -0.2) is 15.2 Å². The summed E-state index contributed by atoms with van der Waals surface area (Å²) in [6.45, 7) is 0. The Kier molecular flexibility index (Phi) is 3.42. The van der Waals surface area contributed by atoms with E-state index in [1.807, 2.05) is 0 Å². The number of hydrogen-bond acceptors (Lipinski definition) is 5. The van der Waals surface area contributed by atoms with Crippen molar-refractivity contribution in [1.29, 1.82) is 0 Å². The maximum Gasteiger partial charge on any atom is 0.224 e. The van der Waals surface area contributed by atoms with Crippen molar-refractivity contribution in [3.63, 3.8) is 0 Å². The van der Waals surface area contributed by atoms with Gasteiger partial charge in [0.25, 0.3) is 0 Å². The first-order chi connectivity index (χ1) is 9.65. The molecule has 0 amide bonds. The van der Waals surface area contributed by atoms with Crippen molar-refractivity contribution in [2.45, 2.75) is 18.8 Å². The van der Waals surface area contributed by atoms with Gasteiger partial charge in [-0.3, -0.25) is 0 Å². The topological polar surface area (TPSA) is 73.1 Å². The van der Waals surface area contributed by atoms with Crippen LogP contribution < -0.4 is 16.0 Å². The standard InChI is InChI=1S/C13H12ClFN4O/c14-9-4-3-8(5-10(9)15)20-12-6-11(19-16)17-13(18-12)7-1-2-7/h3-7H,1-2,16H2,(H,17,18,19). The Labute approximate surface area is 119 Å². The molecule has 3 rings (SSSR count). The van der Waals surface area contributed by atoms with Crippen molar-refractivity contribution in [2.75, 3.05) is 5.43 Å². The van der Waals surface area contributed by atoms with Crippen LogP contribution >= 0.6 is 11.6 Å². The van der Waals surface area contributed by atoms with Gasteiger partial charge in [0, 0.05) is 18.1 Å². The highest BCUT2D eigenvalue weighted by molar-refractivity contribution is 6.30. The molecule has 0 aliphatic heterocycles. The van der Waals surface area contributed by atoms with Gasteiger partial charge in [-0.15, -0.1) is 0 Å². The molecule has 3 N–H and O–H groups in total. The molecule has 1 aliphatic rings. The van der Waals surface area contributed by atoms with Crippen molar-refractivity contribution in [2.24, 2.45) is 5.84 Å². The van der Waals surface area contributed by atoms with Crippen LogP contribution in [0.15, 0.2) is 24.3 Å². The lowest BCUT2D eigenvalue weighted by atomic mass is 10.3. The van der Waals surface area contributed by atoms with E-state index in [9.17, 15) is 4.39 Å². The molecule has 104 valence electrons. The number of nitrogen functional groups attached to an aromatic ring is 1.